The Bertz CT molecular complexity index is 1050. The Morgan fingerprint density at radius 3 is 2.78 bits per heavy atom. The van der Waals surface area contributed by atoms with Crippen molar-refractivity contribution in [1.82, 2.24) is 10.3 Å². The predicted octanol–water partition coefficient (Wildman–Crippen LogP) is 2.44. The highest BCUT2D eigenvalue weighted by molar-refractivity contribution is 7.21. The van der Waals surface area contributed by atoms with Gasteiger partial charge in [-0.05, 0) is 39.1 Å². The van der Waals surface area contributed by atoms with Crippen LogP contribution >= 0.6 is 11.3 Å². The molecule has 3 heterocycles. The molecule has 1 amide bonds. The molecule has 3 aromatic heterocycles. The van der Waals surface area contributed by atoms with Gasteiger partial charge >= 0.3 is 0 Å². The lowest BCUT2D eigenvalue weighted by molar-refractivity contribution is 0.100. The number of thiophene rings is 1. The number of aryl methyl sites for hydroxylation is 1. The summed E-state index contributed by atoms with van der Waals surface area (Å²) in [6.45, 7) is 3.28. The van der Waals surface area contributed by atoms with E-state index in [1.54, 1.807) is 12.1 Å². The van der Waals surface area contributed by atoms with Crippen LogP contribution in [0.2, 0.25) is 0 Å². The van der Waals surface area contributed by atoms with E-state index in [2.05, 4.69) is 21.7 Å². The van der Waals surface area contributed by atoms with Crippen molar-refractivity contribution in [2.45, 2.75) is 13.3 Å². The van der Waals surface area contributed by atoms with Crippen LogP contribution in [0.5, 0.6) is 0 Å². The fraction of sp³-hybridized carbons (Fsp3) is 0.278. The van der Waals surface area contributed by atoms with Gasteiger partial charge in [-0.2, -0.15) is 5.26 Å². The fourth-order valence-corrected chi connectivity index (χ4v) is 3.82. The van der Waals surface area contributed by atoms with Crippen molar-refractivity contribution in [2.24, 2.45) is 5.73 Å². The SMILES string of the molecule is CNCCCNc1nc2sc(C(N)=O)c(N)c2c(-c2ccc(C)o2)c1C#N. The number of anilines is 2. The topological polar surface area (TPSA) is 143 Å². The molecular formula is C18H20N6O2S. The minimum atomic E-state index is -0.626. The lowest BCUT2D eigenvalue weighted by Gasteiger charge is -2.11. The number of hydrogen-bond donors (Lipinski definition) is 4. The van der Waals surface area contributed by atoms with E-state index >= 15 is 0 Å². The van der Waals surface area contributed by atoms with E-state index in [-0.39, 0.29) is 10.6 Å². The highest BCUT2D eigenvalue weighted by Crippen LogP contribution is 2.43. The predicted molar refractivity (Wildman–Crippen MR) is 107 cm³/mol. The zero-order valence-corrected chi connectivity index (χ0v) is 15.9. The molecule has 3 aromatic rings. The van der Waals surface area contributed by atoms with Crippen LogP contribution in [0.3, 0.4) is 0 Å². The van der Waals surface area contributed by atoms with Gasteiger partial charge in [-0.15, -0.1) is 11.3 Å². The maximum Gasteiger partial charge on any atom is 0.260 e. The van der Waals surface area contributed by atoms with Gasteiger partial charge in [-0.1, -0.05) is 0 Å². The van der Waals surface area contributed by atoms with Gasteiger partial charge in [0, 0.05) is 11.9 Å². The number of aromatic nitrogens is 1. The van der Waals surface area contributed by atoms with Crippen LogP contribution in [0.1, 0.15) is 27.4 Å². The van der Waals surface area contributed by atoms with E-state index in [9.17, 15) is 10.1 Å². The molecule has 140 valence electrons. The summed E-state index contributed by atoms with van der Waals surface area (Å²) in [6.07, 6.45) is 0.857. The molecule has 0 saturated heterocycles. The molecule has 0 aliphatic heterocycles. The molecule has 8 nitrogen and oxygen atoms in total. The minimum absolute atomic E-state index is 0.220. The van der Waals surface area contributed by atoms with Crippen molar-refractivity contribution in [1.29, 1.82) is 5.26 Å². The summed E-state index contributed by atoms with van der Waals surface area (Å²) in [4.78, 5) is 17.0. The third kappa shape index (κ3) is 3.45. The summed E-state index contributed by atoms with van der Waals surface area (Å²) in [5, 5.41) is 16.6. The summed E-state index contributed by atoms with van der Waals surface area (Å²) >= 11 is 1.11. The monoisotopic (exact) mass is 384 g/mol. The summed E-state index contributed by atoms with van der Waals surface area (Å²) in [5.41, 5.74) is 12.7. The van der Waals surface area contributed by atoms with Crippen LogP contribution in [0.4, 0.5) is 11.5 Å². The van der Waals surface area contributed by atoms with Gasteiger partial charge in [0.15, 0.2) is 0 Å². The van der Waals surface area contributed by atoms with Crippen molar-refractivity contribution in [3.05, 3.63) is 28.3 Å². The summed E-state index contributed by atoms with van der Waals surface area (Å²) in [6, 6.07) is 5.78. The molecule has 0 spiro atoms. The van der Waals surface area contributed by atoms with Crippen molar-refractivity contribution < 1.29 is 9.21 Å². The Morgan fingerprint density at radius 1 is 1.41 bits per heavy atom. The van der Waals surface area contributed by atoms with E-state index in [4.69, 9.17) is 15.9 Å². The average molecular weight is 384 g/mol. The normalized spacial score (nSPS) is 10.9. The molecular weight excluding hydrogens is 364 g/mol. The van der Waals surface area contributed by atoms with Crippen LogP contribution in [0.15, 0.2) is 16.5 Å². The van der Waals surface area contributed by atoms with E-state index < -0.39 is 5.91 Å². The van der Waals surface area contributed by atoms with Gasteiger partial charge < -0.3 is 26.5 Å². The van der Waals surface area contributed by atoms with Crippen LogP contribution in [-0.4, -0.2) is 31.0 Å². The molecule has 9 heteroatoms. The van der Waals surface area contributed by atoms with E-state index in [1.165, 1.54) is 0 Å². The maximum atomic E-state index is 11.7. The van der Waals surface area contributed by atoms with Gasteiger partial charge in [0.05, 0.1) is 11.3 Å². The fourth-order valence-electron chi connectivity index (χ4n) is 2.86. The molecule has 3 rings (SSSR count). The van der Waals surface area contributed by atoms with E-state index in [1.807, 2.05) is 14.0 Å². The number of carbonyl (C=O) groups is 1. The zero-order chi connectivity index (χ0) is 19.6. The number of nitrogen functional groups attached to an aromatic ring is 1. The lowest BCUT2D eigenvalue weighted by atomic mass is 10.0. The second-order valence-electron chi connectivity index (χ2n) is 6.01. The summed E-state index contributed by atoms with van der Waals surface area (Å²) in [5.74, 6) is 1.00. The molecule has 0 aliphatic rings. The molecule has 6 N–H and O–H groups in total. The number of hydrogen-bond acceptors (Lipinski definition) is 8. The average Bonchev–Trinajstić information content (AvgIpc) is 3.21. The summed E-state index contributed by atoms with van der Waals surface area (Å²) in [7, 11) is 1.88. The molecule has 0 unspecified atom stereocenters. The third-order valence-electron chi connectivity index (χ3n) is 4.10. The Hall–Kier alpha value is -3.09. The molecule has 0 bridgehead atoms. The lowest BCUT2D eigenvalue weighted by Crippen LogP contribution is -2.14. The largest absolute Gasteiger partial charge is 0.461 e. The number of fused-ring (bicyclic) bond motifs is 1. The number of rotatable bonds is 7. The maximum absolute atomic E-state index is 11.7. The van der Waals surface area contributed by atoms with Gasteiger partial charge in [-0.25, -0.2) is 4.98 Å². The first-order valence-electron chi connectivity index (χ1n) is 8.39. The number of amides is 1. The minimum Gasteiger partial charge on any atom is -0.461 e. The van der Waals surface area contributed by atoms with Gasteiger partial charge in [-0.3, -0.25) is 4.79 Å². The molecule has 0 atom stereocenters. The number of primary amides is 1. The Morgan fingerprint density at radius 2 is 2.19 bits per heavy atom. The second-order valence-corrected chi connectivity index (χ2v) is 7.00. The molecule has 0 aliphatic carbocycles. The molecule has 0 radical (unpaired) electrons. The van der Waals surface area contributed by atoms with Crippen LogP contribution in [0, 0.1) is 18.3 Å². The number of nitrogens with two attached hydrogens (primary N) is 2. The third-order valence-corrected chi connectivity index (χ3v) is 5.21. The van der Waals surface area contributed by atoms with Crippen molar-refractivity contribution >= 4 is 39.0 Å². The molecule has 27 heavy (non-hydrogen) atoms. The smallest absolute Gasteiger partial charge is 0.260 e. The Labute approximate surface area is 160 Å². The highest BCUT2D eigenvalue weighted by Gasteiger charge is 2.25. The van der Waals surface area contributed by atoms with E-state index in [0.29, 0.717) is 45.2 Å². The first-order chi connectivity index (χ1) is 13.0. The number of nitrogens with zero attached hydrogens (tertiary/aromatic N) is 2. The van der Waals surface area contributed by atoms with Gasteiger partial charge in [0.25, 0.3) is 5.91 Å². The molecule has 0 saturated carbocycles. The first-order valence-corrected chi connectivity index (χ1v) is 9.20. The van der Waals surface area contributed by atoms with Crippen LogP contribution in [-0.2, 0) is 0 Å². The van der Waals surface area contributed by atoms with Crippen LogP contribution in [0.25, 0.3) is 21.5 Å². The Kier molecular flexibility index (Phi) is 5.30. The van der Waals surface area contributed by atoms with E-state index in [0.717, 1.165) is 24.3 Å². The number of carbonyl (C=O) groups excluding carboxylic acids is 1. The standard InChI is InChI=1S/C18H20N6O2S/c1-9-4-5-11(26-9)12-10(8-19)17(23-7-3-6-22-2)24-18-13(12)14(20)15(27-18)16(21)25/h4-5,22H,3,6-7,20H2,1-2H3,(H2,21,25)(H,23,24). The van der Waals surface area contributed by atoms with Crippen LogP contribution < -0.4 is 22.1 Å². The number of furan rings is 1. The molecule has 0 aromatic carbocycles. The first kappa shape index (κ1) is 18.7. The highest BCUT2D eigenvalue weighted by atomic mass is 32.1. The van der Waals surface area contributed by atoms with Crippen molar-refractivity contribution in [3.63, 3.8) is 0 Å². The Balaban J connectivity index is 2.25. The van der Waals surface area contributed by atoms with Crippen molar-refractivity contribution in [2.75, 3.05) is 31.2 Å². The number of nitriles is 1. The quantitative estimate of drug-likeness (QED) is 0.458. The summed E-state index contributed by atoms with van der Waals surface area (Å²) < 4.78 is 5.76. The number of nitrogens with one attached hydrogen (secondary N) is 2. The van der Waals surface area contributed by atoms with Gasteiger partial charge in [0.2, 0.25) is 0 Å². The second kappa shape index (κ2) is 7.65. The van der Waals surface area contributed by atoms with Gasteiger partial charge in [0.1, 0.15) is 38.7 Å². The number of pyridine rings is 1. The van der Waals surface area contributed by atoms with Crippen molar-refractivity contribution in [3.8, 4) is 17.4 Å². The zero-order valence-electron chi connectivity index (χ0n) is 15.0. The molecule has 0 fully saturated rings.